The molecule has 3 N–H and O–H groups in total. The SMILES string of the molecule is COCCNCON. The lowest BCUT2D eigenvalue weighted by atomic mass is 10.7. The van der Waals surface area contributed by atoms with Gasteiger partial charge in [-0.3, -0.25) is 10.2 Å². The lowest BCUT2D eigenvalue weighted by Gasteiger charge is -1.99. The first-order chi connectivity index (χ1) is 3.91. The van der Waals surface area contributed by atoms with E-state index in [0.29, 0.717) is 13.3 Å². The van der Waals surface area contributed by atoms with Crippen LogP contribution in [0.3, 0.4) is 0 Å². The average molecular weight is 120 g/mol. The Bertz CT molecular complexity index is 37.0. The third-order valence-electron chi connectivity index (χ3n) is 0.668. The van der Waals surface area contributed by atoms with Crippen LogP contribution in [-0.2, 0) is 9.57 Å². The highest BCUT2D eigenvalue weighted by atomic mass is 16.6. The Kier molecular flexibility index (Phi) is 6.70. The molecule has 0 spiro atoms. The Morgan fingerprint density at radius 3 is 2.88 bits per heavy atom. The topological polar surface area (TPSA) is 56.5 Å². The molecule has 0 bridgehead atoms. The molecule has 8 heavy (non-hydrogen) atoms. The molecule has 0 aromatic heterocycles. The van der Waals surface area contributed by atoms with E-state index in [1.165, 1.54) is 0 Å². The molecule has 0 aromatic carbocycles. The Labute approximate surface area is 48.9 Å². The molecule has 0 rings (SSSR count). The van der Waals surface area contributed by atoms with Gasteiger partial charge in [0.2, 0.25) is 0 Å². The van der Waals surface area contributed by atoms with Gasteiger partial charge in [-0.05, 0) is 0 Å². The molecule has 0 radical (unpaired) electrons. The fourth-order valence-corrected chi connectivity index (χ4v) is 0.305. The third-order valence-corrected chi connectivity index (χ3v) is 0.668. The normalized spacial score (nSPS) is 9.75. The quantitative estimate of drug-likeness (QED) is 0.279. The van der Waals surface area contributed by atoms with Crippen molar-refractivity contribution >= 4 is 0 Å². The van der Waals surface area contributed by atoms with Crippen molar-refractivity contribution in [1.29, 1.82) is 0 Å². The zero-order chi connectivity index (χ0) is 6.24. The van der Waals surface area contributed by atoms with E-state index in [1.807, 2.05) is 0 Å². The fourth-order valence-electron chi connectivity index (χ4n) is 0.305. The van der Waals surface area contributed by atoms with E-state index in [-0.39, 0.29) is 0 Å². The zero-order valence-corrected chi connectivity index (χ0v) is 5.02. The maximum atomic E-state index is 4.73. The molecule has 0 aromatic rings. The van der Waals surface area contributed by atoms with Crippen LogP contribution in [0.5, 0.6) is 0 Å². The van der Waals surface area contributed by atoms with Gasteiger partial charge in [0.25, 0.3) is 0 Å². The van der Waals surface area contributed by atoms with Crippen molar-refractivity contribution < 1.29 is 9.57 Å². The van der Waals surface area contributed by atoms with Crippen molar-refractivity contribution in [1.82, 2.24) is 5.32 Å². The minimum absolute atomic E-state index is 0.378. The summed E-state index contributed by atoms with van der Waals surface area (Å²) in [5.74, 6) is 4.71. The van der Waals surface area contributed by atoms with Gasteiger partial charge in [-0.15, -0.1) is 0 Å². The van der Waals surface area contributed by atoms with E-state index in [9.17, 15) is 0 Å². The molecule has 0 amide bonds. The summed E-state index contributed by atoms with van der Waals surface area (Å²) < 4.78 is 4.73. The van der Waals surface area contributed by atoms with Crippen molar-refractivity contribution in [2.24, 2.45) is 5.90 Å². The van der Waals surface area contributed by atoms with Gasteiger partial charge in [0.15, 0.2) is 0 Å². The smallest absolute Gasteiger partial charge is 0.118 e. The molecule has 4 nitrogen and oxygen atoms in total. The lowest BCUT2D eigenvalue weighted by molar-refractivity contribution is 0.109. The number of hydrogen-bond acceptors (Lipinski definition) is 4. The first kappa shape index (κ1) is 7.84. The van der Waals surface area contributed by atoms with Crippen LogP contribution in [0.2, 0.25) is 0 Å². The van der Waals surface area contributed by atoms with Crippen LogP contribution in [0, 0.1) is 0 Å². The first-order valence-corrected chi connectivity index (χ1v) is 2.43. The van der Waals surface area contributed by atoms with E-state index in [0.717, 1.165) is 6.54 Å². The van der Waals surface area contributed by atoms with Crippen LogP contribution in [-0.4, -0.2) is 27.0 Å². The molecule has 0 aliphatic heterocycles. The molecular weight excluding hydrogens is 108 g/mol. The highest BCUT2D eigenvalue weighted by Gasteiger charge is 1.80. The van der Waals surface area contributed by atoms with Crippen LogP contribution in [0.1, 0.15) is 0 Å². The Balaban J connectivity index is 2.53. The summed E-state index contributed by atoms with van der Waals surface area (Å²) in [7, 11) is 1.64. The second-order valence-electron chi connectivity index (χ2n) is 1.30. The number of nitrogens with two attached hydrogens (primary N) is 1. The maximum absolute atomic E-state index is 4.73. The third kappa shape index (κ3) is 5.84. The average Bonchev–Trinajstić information content (AvgIpc) is 1.81. The highest BCUT2D eigenvalue weighted by Crippen LogP contribution is 1.61. The fraction of sp³-hybridized carbons (Fsp3) is 1.00. The van der Waals surface area contributed by atoms with Crippen molar-refractivity contribution in [3.8, 4) is 0 Å². The van der Waals surface area contributed by atoms with Crippen molar-refractivity contribution in [2.75, 3.05) is 27.0 Å². The molecule has 0 unspecified atom stereocenters. The molecule has 0 atom stereocenters. The molecule has 4 heteroatoms. The molecule has 0 fully saturated rings. The predicted octanol–water partition coefficient (Wildman–Crippen LogP) is -0.930. The molecule has 0 heterocycles. The largest absolute Gasteiger partial charge is 0.383 e. The monoisotopic (exact) mass is 120 g/mol. The van der Waals surface area contributed by atoms with E-state index in [4.69, 9.17) is 10.6 Å². The maximum Gasteiger partial charge on any atom is 0.118 e. The minimum Gasteiger partial charge on any atom is -0.383 e. The number of nitrogens with one attached hydrogen (secondary N) is 1. The molecule has 0 saturated heterocycles. The van der Waals surface area contributed by atoms with Crippen molar-refractivity contribution in [2.45, 2.75) is 0 Å². The summed E-state index contributed by atoms with van der Waals surface area (Å²) in [5, 5.41) is 2.86. The summed E-state index contributed by atoms with van der Waals surface area (Å²) in [4.78, 5) is 4.22. The molecule has 0 aliphatic rings. The second kappa shape index (κ2) is 6.84. The van der Waals surface area contributed by atoms with Crippen LogP contribution < -0.4 is 11.2 Å². The van der Waals surface area contributed by atoms with Gasteiger partial charge in [-0.2, -0.15) is 0 Å². The van der Waals surface area contributed by atoms with E-state index >= 15 is 0 Å². The molecular formula is C4H12N2O2. The Hall–Kier alpha value is -0.160. The van der Waals surface area contributed by atoms with Crippen LogP contribution >= 0.6 is 0 Å². The Morgan fingerprint density at radius 2 is 2.38 bits per heavy atom. The van der Waals surface area contributed by atoms with Gasteiger partial charge < -0.3 is 4.74 Å². The summed E-state index contributed by atoms with van der Waals surface area (Å²) in [6, 6.07) is 0. The number of ether oxygens (including phenoxy) is 1. The van der Waals surface area contributed by atoms with Gasteiger partial charge >= 0.3 is 0 Å². The van der Waals surface area contributed by atoms with Crippen molar-refractivity contribution in [3.05, 3.63) is 0 Å². The Morgan fingerprint density at radius 1 is 1.62 bits per heavy atom. The van der Waals surface area contributed by atoms with Gasteiger partial charge in [-0.25, -0.2) is 5.90 Å². The van der Waals surface area contributed by atoms with Gasteiger partial charge in [0.05, 0.1) is 6.61 Å². The number of methoxy groups -OCH3 is 1. The zero-order valence-electron chi connectivity index (χ0n) is 5.02. The van der Waals surface area contributed by atoms with Gasteiger partial charge in [-0.1, -0.05) is 0 Å². The van der Waals surface area contributed by atoms with Crippen LogP contribution in [0.4, 0.5) is 0 Å². The van der Waals surface area contributed by atoms with E-state index < -0.39 is 0 Å². The number of hydrogen-bond donors (Lipinski definition) is 2. The highest BCUT2D eigenvalue weighted by molar-refractivity contribution is 4.34. The number of rotatable bonds is 5. The molecule has 50 valence electrons. The molecule has 0 saturated carbocycles. The van der Waals surface area contributed by atoms with E-state index in [2.05, 4.69) is 10.2 Å². The van der Waals surface area contributed by atoms with Gasteiger partial charge in [0, 0.05) is 13.7 Å². The minimum atomic E-state index is 0.378. The first-order valence-electron chi connectivity index (χ1n) is 2.43. The molecule has 0 aliphatic carbocycles. The van der Waals surface area contributed by atoms with Crippen molar-refractivity contribution in [3.63, 3.8) is 0 Å². The summed E-state index contributed by atoms with van der Waals surface area (Å²) in [6.07, 6.45) is 0. The second-order valence-corrected chi connectivity index (χ2v) is 1.30. The summed E-state index contributed by atoms with van der Waals surface area (Å²) in [5.41, 5.74) is 0. The standard InChI is InChI=1S/C4H12N2O2/c1-7-3-2-6-4-8-5/h6H,2-5H2,1H3. The lowest BCUT2D eigenvalue weighted by Crippen LogP contribution is -2.23. The van der Waals surface area contributed by atoms with Gasteiger partial charge in [0.1, 0.15) is 6.73 Å². The summed E-state index contributed by atoms with van der Waals surface area (Å²) >= 11 is 0. The van der Waals surface area contributed by atoms with Crippen LogP contribution in [0.15, 0.2) is 0 Å². The van der Waals surface area contributed by atoms with Crippen LogP contribution in [0.25, 0.3) is 0 Å². The summed E-state index contributed by atoms with van der Waals surface area (Å²) in [6.45, 7) is 1.83. The predicted molar refractivity (Wildman–Crippen MR) is 30.0 cm³/mol. The van der Waals surface area contributed by atoms with E-state index in [1.54, 1.807) is 7.11 Å².